The minimum Gasteiger partial charge on any atom is -0.370 e. The van der Waals surface area contributed by atoms with E-state index in [1.807, 2.05) is 18.2 Å². The first kappa shape index (κ1) is 12.5. The van der Waals surface area contributed by atoms with Crippen molar-refractivity contribution < 1.29 is 0 Å². The van der Waals surface area contributed by atoms with Crippen LogP contribution >= 0.6 is 23.2 Å². The van der Waals surface area contributed by atoms with Crippen LogP contribution in [0.15, 0.2) is 23.2 Å². The number of rotatable bonds is 2. The van der Waals surface area contributed by atoms with Crippen LogP contribution in [-0.4, -0.2) is 23.9 Å². The van der Waals surface area contributed by atoms with Gasteiger partial charge in [0.15, 0.2) is 5.96 Å². The molecule has 0 radical (unpaired) electrons. The molecule has 2 N–H and O–H groups in total. The van der Waals surface area contributed by atoms with Crippen LogP contribution < -0.4 is 5.73 Å². The lowest BCUT2D eigenvalue weighted by Gasteiger charge is -2.36. The lowest BCUT2D eigenvalue weighted by molar-refractivity contribution is 0.235. The topological polar surface area (TPSA) is 41.6 Å². The number of nitrogens with zero attached hydrogens (tertiary/aromatic N) is 2. The predicted octanol–water partition coefficient (Wildman–Crippen LogP) is 2.86. The van der Waals surface area contributed by atoms with Crippen LogP contribution in [0.25, 0.3) is 0 Å². The van der Waals surface area contributed by atoms with Crippen LogP contribution in [0.2, 0.25) is 10.0 Å². The summed E-state index contributed by atoms with van der Waals surface area (Å²) in [4.78, 5) is 6.39. The Morgan fingerprint density at radius 2 is 2.12 bits per heavy atom. The number of nitrogens with two attached hydrogens (primary N) is 1. The van der Waals surface area contributed by atoms with Gasteiger partial charge < -0.3 is 10.6 Å². The van der Waals surface area contributed by atoms with Crippen LogP contribution in [0, 0.1) is 0 Å². The van der Waals surface area contributed by atoms with Crippen molar-refractivity contribution in [2.24, 2.45) is 10.7 Å². The van der Waals surface area contributed by atoms with Gasteiger partial charge in [-0.2, -0.15) is 0 Å². The predicted molar refractivity (Wildman–Crippen MR) is 72.7 cm³/mol. The molecule has 0 saturated heterocycles. The highest BCUT2D eigenvalue weighted by molar-refractivity contribution is 6.42. The second kappa shape index (κ2) is 4.39. The summed E-state index contributed by atoms with van der Waals surface area (Å²) in [5.41, 5.74) is 6.74. The summed E-state index contributed by atoms with van der Waals surface area (Å²) < 4.78 is 0. The highest BCUT2D eigenvalue weighted by Crippen LogP contribution is 2.35. The third-order valence-electron chi connectivity index (χ3n) is 3.28. The highest BCUT2D eigenvalue weighted by Gasteiger charge is 2.38. The quantitative estimate of drug-likeness (QED) is 0.899. The standard InChI is InChI=1S/C12H15Cl2N3/c1-3-17-11(15)16-7-12(17,2)8-4-5-9(13)10(14)6-8/h4-6H,3,7H2,1-2H3,(H2,15,16). The summed E-state index contributed by atoms with van der Waals surface area (Å²) in [7, 11) is 0. The third-order valence-corrected chi connectivity index (χ3v) is 4.02. The third kappa shape index (κ3) is 1.98. The number of aliphatic imine (C=N–C) groups is 1. The lowest BCUT2D eigenvalue weighted by atomic mass is 9.91. The van der Waals surface area contributed by atoms with Gasteiger partial charge >= 0.3 is 0 Å². The summed E-state index contributed by atoms with van der Waals surface area (Å²) in [5, 5.41) is 1.13. The Kier molecular flexibility index (Phi) is 3.23. The van der Waals surface area contributed by atoms with Crippen molar-refractivity contribution in [3.8, 4) is 0 Å². The molecular formula is C12H15Cl2N3. The first-order valence-corrected chi connectivity index (χ1v) is 6.27. The normalized spacial score (nSPS) is 24.0. The molecule has 0 fully saturated rings. The smallest absolute Gasteiger partial charge is 0.192 e. The number of benzene rings is 1. The highest BCUT2D eigenvalue weighted by atomic mass is 35.5. The van der Waals surface area contributed by atoms with E-state index in [-0.39, 0.29) is 5.54 Å². The maximum absolute atomic E-state index is 6.06. The van der Waals surface area contributed by atoms with Crippen LogP contribution in [0.3, 0.4) is 0 Å². The largest absolute Gasteiger partial charge is 0.370 e. The molecule has 1 atom stereocenters. The first-order chi connectivity index (χ1) is 7.99. The fourth-order valence-corrected chi connectivity index (χ4v) is 2.55. The van der Waals surface area contributed by atoms with Gasteiger partial charge in [-0.05, 0) is 31.5 Å². The van der Waals surface area contributed by atoms with Gasteiger partial charge in [0, 0.05) is 6.54 Å². The minimum atomic E-state index is -0.229. The second-order valence-electron chi connectivity index (χ2n) is 4.32. The number of hydrogen-bond acceptors (Lipinski definition) is 3. The van der Waals surface area contributed by atoms with Crippen molar-refractivity contribution in [1.82, 2.24) is 4.90 Å². The van der Waals surface area contributed by atoms with E-state index in [1.54, 1.807) is 0 Å². The van der Waals surface area contributed by atoms with Gasteiger partial charge in [0.2, 0.25) is 0 Å². The summed E-state index contributed by atoms with van der Waals surface area (Å²) in [6.07, 6.45) is 0. The molecule has 17 heavy (non-hydrogen) atoms. The van der Waals surface area contributed by atoms with Crippen molar-refractivity contribution in [2.45, 2.75) is 19.4 Å². The van der Waals surface area contributed by atoms with Crippen molar-refractivity contribution in [1.29, 1.82) is 0 Å². The Morgan fingerprint density at radius 3 is 2.71 bits per heavy atom. The monoisotopic (exact) mass is 271 g/mol. The zero-order valence-corrected chi connectivity index (χ0v) is 11.4. The van der Waals surface area contributed by atoms with Gasteiger partial charge in [0.25, 0.3) is 0 Å². The number of likely N-dealkylation sites (N-methyl/N-ethyl adjacent to an activating group) is 1. The van der Waals surface area contributed by atoms with Crippen molar-refractivity contribution >= 4 is 29.2 Å². The molecule has 0 amide bonds. The molecule has 1 heterocycles. The van der Waals surface area contributed by atoms with E-state index in [1.165, 1.54) is 0 Å². The Hall–Kier alpha value is -0.930. The molecule has 1 aromatic rings. The lowest BCUT2D eigenvalue weighted by Crippen LogP contribution is -2.47. The van der Waals surface area contributed by atoms with Crippen LogP contribution in [-0.2, 0) is 5.54 Å². The molecule has 92 valence electrons. The molecule has 5 heteroatoms. The van der Waals surface area contributed by atoms with Crippen LogP contribution in [0.4, 0.5) is 0 Å². The molecule has 1 aliphatic heterocycles. The SMILES string of the molecule is CCN1C(N)=NCC1(C)c1ccc(Cl)c(Cl)c1. The van der Waals surface area contributed by atoms with E-state index in [9.17, 15) is 0 Å². The molecule has 0 spiro atoms. The van der Waals surface area contributed by atoms with E-state index in [4.69, 9.17) is 28.9 Å². The molecule has 0 aromatic heterocycles. The van der Waals surface area contributed by atoms with E-state index in [0.717, 1.165) is 12.1 Å². The van der Waals surface area contributed by atoms with Gasteiger partial charge in [-0.15, -0.1) is 0 Å². The van der Waals surface area contributed by atoms with E-state index in [0.29, 0.717) is 22.5 Å². The molecule has 1 aliphatic rings. The first-order valence-electron chi connectivity index (χ1n) is 5.52. The van der Waals surface area contributed by atoms with E-state index in [2.05, 4.69) is 23.7 Å². The Morgan fingerprint density at radius 1 is 1.41 bits per heavy atom. The van der Waals surface area contributed by atoms with Gasteiger partial charge in [-0.1, -0.05) is 29.3 Å². The molecule has 0 aliphatic carbocycles. The van der Waals surface area contributed by atoms with Crippen LogP contribution in [0.1, 0.15) is 19.4 Å². The van der Waals surface area contributed by atoms with E-state index < -0.39 is 0 Å². The molecule has 0 saturated carbocycles. The van der Waals surface area contributed by atoms with Gasteiger partial charge in [-0.3, -0.25) is 4.99 Å². The van der Waals surface area contributed by atoms with Crippen molar-refractivity contribution in [3.05, 3.63) is 33.8 Å². The number of guanidine groups is 1. The zero-order chi connectivity index (χ0) is 12.6. The molecule has 0 bridgehead atoms. The molecule has 1 unspecified atom stereocenters. The summed E-state index contributed by atoms with van der Waals surface area (Å²) in [6, 6.07) is 5.68. The van der Waals surface area contributed by atoms with Crippen molar-refractivity contribution in [2.75, 3.05) is 13.1 Å². The van der Waals surface area contributed by atoms with E-state index >= 15 is 0 Å². The summed E-state index contributed by atoms with van der Waals surface area (Å²) in [6.45, 7) is 5.62. The van der Waals surface area contributed by atoms with Crippen molar-refractivity contribution in [3.63, 3.8) is 0 Å². The maximum atomic E-state index is 6.06. The second-order valence-corrected chi connectivity index (χ2v) is 5.14. The van der Waals surface area contributed by atoms with Crippen LogP contribution in [0.5, 0.6) is 0 Å². The fraction of sp³-hybridized carbons (Fsp3) is 0.417. The average molecular weight is 272 g/mol. The summed E-state index contributed by atoms with van der Waals surface area (Å²) >= 11 is 12.0. The number of hydrogen-bond donors (Lipinski definition) is 1. The Balaban J connectivity index is 2.42. The van der Waals surface area contributed by atoms with Gasteiger partial charge in [-0.25, -0.2) is 0 Å². The molecule has 2 rings (SSSR count). The van der Waals surface area contributed by atoms with Gasteiger partial charge in [0.1, 0.15) is 0 Å². The fourth-order valence-electron chi connectivity index (χ4n) is 2.25. The maximum Gasteiger partial charge on any atom is 0.192 e. The minimum absolute atomic E-state index is 0.229. The molecule has 1 aromatic carbocycles. The molecular weight excluding hydrogens is 257 g/mol. The Bertz CT molecular complexity index is 473. The Labute approximate surface area is 111 Å². The summed E-state index contributed by atoms with van der Waals surface area (Å²) in [5.74, 6) is 0.584. The molecule has 3 nitrogen and oxygen atoms in total. The number of halogens is 2. The van der Waals surface area contributed by atoms with Gasteiger partial charge in [0.05, 0.1) is 22.1 Å². The average Bonchev–Trinajstić information content (AvgIpc) is 2.59. The zero-order valence-electron chi connectivity index (χ0n) is 9.87.